The Hall–Kier alpha value is -1.26. The van der Waals surface area contributed by atoms with Crippen LogP contribution in [-0.4, -0.2) is 34.0 Å². The molecule has 0 saturated carbocycles. The van der Waals surface area contributed by atoms with Crippen molar-refractivity contribution < 1.29 is 14.2 Å². The topological polar surface area (TPSA) is 39.7 Å². The van der Waals surface area contributed by atoms with E-state index in [2.05, 4.69) is 5.32 Å². The molecule has 1 aromatic carbocycles. The van der Waals surface area contributed by atoms with Crippen molar-refractivity contribution in [2.24, 2.45) is 0 Å². The van der Waals surface area contributed by atoms with Crippen LogP contribution in [0.4, 0.5) is 0 Å². The summed E-state index contributed by atoms with van der Waals surface area (Å²) in [5.41, 5.74) is 1.10. The number of hydrogen-bond acceptors (Lipinski definition) is 4. The molecule has 2 unspecified atom stereocenters. The van der Waals surface area contributed by atoms with Crippen LogP contribution in [0.2, 0.25) is 0 Å². The van der Waals surface area contributed by atoms with Gasteiger partial charge in [-0.1, -0.05) is 6.07 Å². The standard InChI is InChI=1S/C16H25NO3/c1-17-13(10-9-12-6-5-11-20-12)16-14(18-2)7-4-8-15(16)19-3/h4,7-8,12-13,17H,5-6,9-11H2,1-3H3. The summed E-state index contributed by atoms with van der Waals surface area (Å²) >= 11 is 0. The molecule has 112 valence electrons. The fourth-order valence-corrected chi connectivity index (χ4v) is 2.88. The van der Waals surface area contributed by atoms with Crippen LogP contribution in [0.1, 0.15) is 37.3 Å². The van der Waals surface area contributed by atoms with Crippen LogP contribution in [0.3, 0.4) is 0 Å². The van der Waals surface area contributed by atoms with E-state index in [9.17, 15) is 0 Å². The first kappa shape index (κ1) is 15.1. The Bertz CT molecular complexity index is 394. The summed E-state index contributed by atoms with van der Waals surface area (Å²) in [6.07, 6.45) is 4.85. The van der Waals surface area contributed by atoms with Gasteiger partial charge in [-0.15, -0.1) is 0 Å². The molecule has 4 heteroatoms. The van der Waals surface area contributed by atoms with Crippen molar-refractivity contribution in [1.29, 1.82) is 0 Å². The van der Waals surface area contributed by atoms with Gasteiger partial charge in [0.1, 0.15) is 11.5 Å². The van der Waals surface area contributed by atoms with Gasteiger partial charge in [0.25, 0.3) is 0 Å². The lowest BCUT2D eigenvalue weighted by Crippen LogP contribution is -2.20. The minimum atomic E-state index is 0.213. The molecule has 0 aliphatic carbocycles. The van der Waals surface area contributed by atoms with E-state index in [4.69, 9.17) is 14.2 Å². The van der Waals surface area contributed by atoms with Crippen LogP contribution in [0.5, 0.6) is 11.5 Å². The molecule has 1 aromatic rings. The molecule has 4 nitrogen and oxygen atoms in total. The summed E-state index contributed by atoms with van der Waals surface area (Å²) in [6.45, 7) is 0.910. The van der Waals surface area contributed by atoms with Crippen molar-refractivity contribution in [3.05, 3.63) is 23.8 Å². The van der Waals surface area contributed by atoms with Gasteiger partial charge in [0.15, 0.2) is 0 Å². The minimum Gasteiger partial charge on any atom is -0.496 e. The van der Waals surface area contributed by atoms with Crippen LogP contribution >= 0.6 is 0 Å². The molecule has 0 spiro atoms. The lowest BCUT2D eigenvalue weighted by Gasteiger charge is -2.23. The molecule has 1 aliphatic heterocycles. The fraction of sp³-hybridized carbons (Fsp3) is 0.625. The Morgan fingerprint density at radius 1 is 1.30 bits per heavy atom. The highest BCUT2D eigenvalue weighted by Crippen LogP contribution is 2.36. The van der Waals surface area contributed by atoms with Gasteiger partial charge in [-0.3, -0.25) is 0 Å². The monoisotopic (exact) mass is 279 g/mol. The summed E-state index contributed by atoms with van der Waals surface area (Å²) in [5.74, 6) is 1.74. The van der Waals surface area contributed by atoms with Gasteiger partial charge in [-0.05, 0) is 44.9 Å². The predicted molar refractivity (Wildman–Crippen MR) is 79.6 cm³/mol. The Labute approximate surface area is 121 Å². The predicted octanol–water partition coefficient (Wildman–Crippen LogP) is 2.92. The highest BCUT2D eigenvalue weighted by atomic mass is 16.5. The highest BCUT2D eigenvalue weighted by molar-refractivity contribution is 5.47. The van der Waals surface area contributed by atoms with Gasteiger partial charge < -0.3 is 19.5 Å². The second kappa shape index (κ2) is 7.50. The van der Waals surface area contributed by atoms with E-state index in [1.165, 1.54) is 12.8 Å². The number of hydrogen-bond donors (Lipinski definition) is 1. The second-order valence-electron chi connectivity index (χ2n) is 5.13. The van der Waals surface area contributed by atoms with Crippen LogP contribution in [0.15, 0.2) is 18.2 Å². The van der Waals surface area contributed by atoms with E-state index in [1.54, 1.807) is 14.2 Å². The van der Waals surface area contributed by atoms with Gasteiger partial charge in [0.05, 0.1) is 25.9 Å². The largest absolute Gasteiger partial charge is 0.496 e. The number of nitrogens with one attached hydrogen (secondary N) is 1. The molecule has 1 saturated heterocycles. The number of ether oxygens (including phenoxy) is 3. The molecule has 1 aliphatic rings. The van der Waals surface area contributed by atoms with Crippen LogP contribution in [0.25, 0.3) is 0 Å². The third-order valence-electron chi connectivity index (χ3n) is 3.96. The van der Waals surface area contributed by atoms with Gasteiger partial charge >= 0.3 is 0 Å². The molecule has 2 atom stereocenters. The molecule has 0 bridgehead atoms. The van der Waals surface area contributed by atoms with Gasteiger partial charge in [-0.25, -0.2) is 0 Å². The maximum atomic E-state index is 5.71. The summed E-state index contributed by atoms with van der Waals surface area (Å²) < 4.78 is 16.7. The van der Waals surface area contributed by atoms with E-state index in [-0.39, 0.29) is 6.04 Å². The first-order chi connectivity index (χ1) is 9.80. The van der Waals surface area contributed by atoms with Crippen molar-refractivity contribution in [2.75, 3.05) is 27.9 Å². The summed E-state index contributed by atoms with van der Waals surface area (Å²) in [5, 5.41) is 3.38. The molecule has 1 fully saturated rings. The fourth-order valence-electron chi connectivity index (χ4n) is 2.88. The van der Waals surface area contributed by atoms with Crippen molar-refractivity contribution in [3.63, 3.8) is 0 Å². The normalized spacial score (nSPS) is 19.9. The molecule has 0 aromatic heterocycles. The van der Waals surface area contributed by atoms with Gasteiger partial charge in [0.2, 0.25) is 0 Å². The van der Waals surface area contributed by atoms with Crippen molar-refractivity contribution in [3.8, 4) is 11.5 Å². The molecular formula is C16H25NO3. The zero-order valence-corrected chi connectivity index (χ0v) is 12.6. The molecule has 1 N–H and O–H groups in total. The molecule has 1 heterocycles. The number of methoxy groups -OCH3 is 2. The third kappa shape index (κ3) is 3.44. The van der Waals surface area contributed by atoms with Crippen molar-refractivity contribution >= 4 is 0 Å². The number of rotatable bonds is 7. The summed E-state index contributed by atoms with van der Waals surface area (Å²) in [7, 11) is 5.38. The van der Waals surface area contributed by atoms with Crippen molar-refractivity contribution in [2.45, 2.75) is 37.8 Å². The average Bonchev–Trinajstić information content (AvgIpc) is 3.01. The molecular weight excluding hydrogens is 254 g/mol. The lowest BCUT2D eigenvalue weighted by molar-refractivity contribution is 0.0996. The highest BCUT2D eigenvalue weighted by Gasteiger charge is 2.22. The van der Waals surface area contributed by atoms with E-state index in [0.29, 0.717) is 6.10 Å². The Kier molecular flexibility index (Phi) is 5.68. The quantitative estimate of drug-likeness (QED) is 0.833. The third-order valence-corrected chi connectivity index (χ3v) is 3.96. The van der Waals surface area contributed by atoms with Crippen LogP contribution in [-0.2, 0) is 4.74 Å². The number of benzene rings is 1. The average molecular weight is 279 g/mol. The Morgan fingerprint density at radius 2 is 2.00 bits per heavy atom. The van der Waals surface area contributed by atoms with Gasteiger partial charge in [-0.2, -0.15) is 0 Å². The van der Waals surface area contributed by atoms with E-state index in [1.807, 2.05) is 25.2 Å². The van der Waals surface area contributed by atoms with E-state index < -0.39 is 0 Å². The second-order valence-corrected chi connectivity index (χ2v) is 5.13. The Balaban J connectivity index is 2.12. The maximum Gasteiger partial charge on any atom is 0.127 e. The van der Waals surface area contributed by atoms with Crippen molar-refractivity contribution in [1.82, 2.24) is 5.32 Å². The van der Waals surface area contributed by atoms with Crippen LogP contribution in [0, 0.1) is 0 Å². The molecule has 2 rings (SSSR count). The maximum absolute atomic E-state index is 5.71. The van der Waals surface area contributed by atoms with E-state index in [0.717, 1.165) is 36.5 Å². The summed E-state index contributed by atoms with van der Waals surface area (Å²) in [4.78, 5) is 0. The minimum absolute atomic E-state index is 0.213. The van der Waals surface area contributed by atoms with Crippen LogP contribution < -0.4 is 14.8 Å². The Morgan fingerprint density at radius 3 is 2.50 bits per heavy atom. The zero-order chi connectivity index (χ0) is 14.4. The zero-order valence-electron chi connectivity index (χ0n) is 12.6. The smallest absolute Gasteiger partial charge is 0.127 e. The first-order valence-electron chi connectivity index (χ1n) is 7.30. The SMILES string of the molecule is CNC(CCC1CCCO1)c1c(OC)cccc1OC. The van der Waals surface area contributed by atoms with Gasteiger partial charge in [0, 0.05) is 12.6 Å². The summed E-state index contributed by atoms with van der Waals surface area (Å²) in [6, 6.07) is 6.13. The molecule has 0 amide bonds. The van der Waals surface area contributed by atoms with E-state index >= 15 is 0 Å². The lowest BCUT2D eigenvalue weighted by atomic mass is 9.97. The molecule has 0 radical (unpaired) electrons. The molecule has 20 heavy (non-hydrogen) atoms. The first-order valence-corrected chi connectivity index (χ1v) is 7.30.